The Morgan fingerprint density at radius 2 is 2.25 bits per heavy atom. The molecule has 0 aliphatic heterocycles. The van der Waals surface area contributed by atoms with Crippen molar-refractivity contribution in [3.8, 4) is 0 Å². The monoisotopic (exact) mass is 320 g/mol. The Morgan fingerprint density at radius 1 is 1.50 bits per heavy atom. The van der Waals surface area contributed by atoms with Crippen molar-refractivity contribution < 1.29 is 13.2 Å². The van der Waals surface area contributed by atoms with Crippen LogP contribution in [-0.4, -0.2) is 28.9 Å². The summed E-state index contributed by atoms with van der Waals surface area (Å²) in [6.45, 7) is 0. The molecule has 106 valence electrons. The second-order valence-electron chi connectivity index (χ2n) is 3.58. The summed E-state index contributed by atoms with van der Waals surface area (Å²) in [5, 5.41) is 0.164. The van der Waals surface area contributed by atoms with Crippen LogP contribution in [0.4, 0.5) is 13.2 Å². The van der Waals surface area contributed by atoms with E-state index in [1.807, 2.05) is 0 Å². The number of hydrogen-bond donors (Lipinski definition) is 0. The lowest BCUT2D eigenvalue weighted by molar-refractivity contribution is -0.134. The van der Waals surface area contributed by atoms with Crippen LogP contribution in [0.1, 0.15) is 10.6 Å². The van der Waals surface area contributed by atoms with Gasteiger partial charge in [-0.2, -0.15) is 13.2 Å². The van der Waals surface area contributed by atoms with Gasteiger partial charge in [0.1, 0.15) is 10.0 Å². The van der Waals surface area contributed by atoms with Gasteiger partial charge in [0, 0.05) is 19.5 Å². The molecule has 2 rings (SSSR count). The number of rotatable bonds is 3. The van der Waals surface area contributed by atoms with E-state index < -0.39 is 11.1 Å². The molecule has 9 heteroatoms. The third kappa shape index (κ3) is 3.26. The molecule has 2 heterocycles. The van der Waals surface area contributed by atoms with Crippen molar-refractivity contribution in [1.82, 2.24) is 9.38 Å². The van der Waals surface area contributed by atoms with E-state index in [0.29, 0.717) is 17.0 Å². The molecule has 0 aromatic carbocycles. The topological polar surface area (TPSA) is 42.0 Å². The third-order valence-corrected chi connectivity index (χ3v) is 3.46. The Hall–Kier alpha value is -1.67. The molecule has 0 aliphatic rings. The van der Waals surface area contributed by atoms with Crippen molar-refractivity contribution in [1.29, 1.82) is 0 Å². The quantitative estimate of drug-likeness (QED) is 0.629. The summed E-state index contributed by atoms with van der Waals surface area (Å²) in [6.07, 6.45) is 2.29. The van der Waals surface area contributed by atoms with E-state index in [4.69, 9.17) is 11.6 Å². The number of thiazole rings is 1. The average molecular weight is 321 g/mol. The predicted molar refractivity (Wildman–Crippen MR) is 74.0 cm³/mol. The number of fused-ring (bicyclic) bond motifs is 1. The molecule has 4 nitrogen and oxygen atoms in total. The maximum atomic E-state index is 12.6. The normalized spacial score (nSPS) is 14.2. The molecular weight excluding hydrogens is 313 g/mol. The maximum Gasteiger partial charge on any atom is 0.427 e. The molecule has 0 amide bonds. The minimum absolute atomic E-state index is 0.164. The molecule has 0 bridgehead atoms. The van der Waals surface area contributed by atoms with Crippen LogP contribution in [-0.2, 0) is 6.18 Å². The van der Waals surface area contributed by atoms with E-state index in [9.17, 15) is 13.2 Å². The summed E-state index contributed by atoms with van der Waals surface area (Å²) in [4.78, 5) is 11.0. The second-order valence-corrected chi connectivity index (χ2v) is 4.98. The van der Waals surface area contributed by atoms with Crippen molar-refractivity contribution in [2.45, 2.75) is 6.18 Å². The first-order valence-corrected chi connectivity index (χ1v) is 6.47. The fourth-order valence-electron chi connectivity index (χ4n) is 1.34. The van der Waals surface area contributed by atoms with E-state index in [2.05, 4.69) is 15.0 Å². The van der Waals surface area contributed by atoms with Gasteiger partial charge in [-0.15, -0.1) is 0 Å². The van der Waals surface area contributed by atoms with Crippen LogP contribution < -0.4 is 0 Å². The SMILES string of the molecule is CN=C/C=C(/Cl)N=Cc1cnc2sc(C(F)(F)F)cn12. The minimum Gasteiger partial charge on any atom is -0.296 e. The van der Waals surface area contributed by atoms with E-state index in [1.165, 1.54) is 29.1 Å². The summed E-state index contributed by atoms with van der Waals surface area (Å²) in [5.41, 5.74) is 0.409. The van der Waals surface area contributed by atoms with Gasteiger partial charge >= 0.3 is 6.18 Å². The van der Waals surface area contributed by atoms with Crippen LogP contribution in [0.25, 0.3) is 4.96 Å². The number of nitrogens with zero attached hydrogens (tertiary/aromatic N) is 4. The summed E-state index contributed by atoms with van der Waals surface area (Å²) in [6, 6.07) is 0. The molecule has 0 fully saturated rings. The summed E-state index contributed by atoms with van der Waals surface area (Å²) >= 11 is 6.34. The summed E-state index contributed by atoms with van der Waals surface area (Å²) in [7, 11) is 1.58. The van der Waals surface area contributed by atoms with Crippen LogP contribution >= 0.6 is 22.9 Å². The van der Waals surface area contributed by atoms with Gasteiger partial charge < -0.3 is 0 Å². The zero-order valence-corrected chi connectivity index (χ0v) is 11.7. The maximum absolute atomic E-state index is 12.6. The number of alkyl halides is 3. The van der Waals surface area contributed by atoms with Gasteiger partial charge in [0.2, 0.25) is 0 Å². The van der Waals surface area contributed by atoms with Crippen LogP contribution in [0.2, 0.25) is 0 Å². The Balaban J connectivity index is 2.32. The molecular formula is C11H8ClF3N4S. The van der Waals surface area contributed by atoms with Gasteiger partial charge in [-0.3, -0.25) is 9.39 Å². The van der Waals surface area contributed by atoms with E-state index in [1.54, 1.807) is 7.05 Å². The molecule has 0 unspecified atom stereocenters. The highest BCUT2D eigenvalue weighted by Gasteiger charge is 2.33. The largest absolute Gasteiger partial charge is 0.427 e. The highest BCUT2D eigenvalue weighted by Crippen LogP contribution is 2.34. The number of imidazole rings is 1. The summed E-state index contributed by atoms with van der Waals surface area (Å²) in [5.74, 6) is 0. The smallest absolute Gasteiger partial charge is 0.296 e. The molecule has 2 aromatic heterocycles. The van der Waals surface area contributed by atoms with Crippen molar-refractivity contribution >= 4 is 40.3 Å². The fraction of sp³-hybridized carbons (Fsp3) is 0.182. The Bertz CT molecular complexity index is 696. The van der Waals surface area contributed by atoms with E-state index in [-0.39, 0.29) is 10.1 Å². The van der Waals surface area contributed by atoms with Gasteiger partial charge in [-0.25, -0.2) is 9.98 Å². The Kier molecular flexibility index (Phi) is 4.24. The molecule has 20 heavy (non-hydrogen) atoms. The van der Waals surface area contributed by atoms with Crippen LogP contribution in [0.3, 0.4) is 0 Å². The number of halogens is 4. The first-order chi connectivity index (χ1) is 9.41. The molecule has 0 saturated heterocycles. The van der Waals surface area contributed by atoms with E-state index in [0.717, 1.165) is 6.20 Å². The van der Waals surface area contributed by atoms with Gasteiger partial charge in [0.05, 0.1) is 18.1 Å². The molecule has 0 atom stereocenters. The molecule has 0 N–H and O–H groups in total. The van der Waals surface area contributed by atoms with Gasteiger partial charge in [0.25, 0.3) is 0 Å². The van der Waals surface area contributed by atoms with Gasteiger partial charge in [-0.05, 0) is 6.08 Å². The van der Waals surface area contributed by atoms with Crippen molar-refractivity contribution in [2.75, 3.05) is 7.05 Å². The predicted octanol–water partition coefficient (Wildman–Crippen LogP) is 3.61. The molecule has 0 aliphatic carbocycles. The fourth-order valence-corrected chi connectivity index (χ4v) is 2.27. The molecule has 0 spiro atoms. The van der Waals surface area contributed by atoms with Gasteiger partial charge in [-0.1, -0.05) is 22.9 Å². The number of aromatic nitrogens is 2. The minimum atomic E-state index is -4.38. The first kappa shape index (κ1) is 14.7. The molecule has 0 saturated carbocycles. The number of aliphatic imine (C=N–C) groups is 2. The van der Waals surface area contributed by atoms with Crippen molar-refractivity contribution in [3.05, 3.63) is 34.2 Å². The van der Waals surface area contributed by atoms with Crippen LogP contribution in [0.5, 0.6) is 0 Å². The second kappa shape index (κ2) is 5.76. The van der Waals surface area contributed by atoms with Crippen molar-refractivity contribution in [3.63, 3.8) is 0 Å². The lowest BCUT2D eigenvalue weighted by Gasteiger charge is -1.99. The average Bonchev–Trinajstić information content (AvgIpc) is 2.93. The highest BCUT2D eigenvalue weighted by molar-refractivity contribution is 7.17. The number of hydrogen-bond acceptors (Lipinski definition) is 4. The zero-order chi connectivity index (χ0) is 14.8. The Morgan fingerprint density at radius 3 is 2.90 bits per heavy atom. The number of allylic oxidation sites excluding steroid dienone is 1. The molecule has 2 aromatic rings. The van der Waals surface area contributed by atoms with E-state index >= 15 is 0 Å². The standard InChI is InChI=1S/C11H8ClF3N4S/c1-16-3-2-9(12)17-4-7-5-18-10-19(7)6-8(20-10)11(13,14)15/h2-6H,1H3/b9-2-,16-3?,17-4?. The molecule has 0 radical (unpaired) electrons. The Labute approximate surface area is 121 Å². The van der Waals surface area contributed by atoms with Gasteiger partial charge in [0.15, 0.2) is 4.96 Å². The van der Waals surface area contributed by atoms with Crippen LogP contribution in [0.15, 0.2) is 33.6 Å². The third-order valence-electron chi connectivity index (χ3n) is 2.20. The first-order valence-electron chi connectivity index (χ1n) is 5.28. The van der Waals surface area contributed by atoms with Crippen LogP contribution in [0, 0.1) is 0 Å². The van der Waals surface area contributed by atoms with Crippen molar-refractivity contribution in [2.24, 2.45) is 9.98 Å². The lowest BCUT2D eigenvalue weighted by Crippen LogP contribution is -2.01. The highest BCUT2D eigenvalue weighted by atomic mass is 35.5. The summed E-state index contributed by atoms with van der Waals surface area (Å²) < 4.78 is 39.1. The lowest BCUT2D eigenvalue weighted by atomic mass is 10.5. The zero-order valence-electron chi connectivity index (χ0n) is 10.1.